The van der Waals surface area contributed by atoms with E-state index in [-0.39, 0.29) is 11.4 Å². The molecule has 0 radical (unpaired) electrons. The second-order valence-corrected chi connectivity index (χ2v) is 6.57. The number of carbonyl (C=O) groups excluding carboxylic acids is 1. The van der Waals surface area contributed by atoms with Crippen molar-refractivity contribution in [3.63, 3.8) is 0 Å². The molecule has 2 rings (SSSR count). The van der Waals surface area contributed by atoms with Crippen molar-refractivity contribution in [3.8, 4) is 0 Å². The Hall–Kier alpha value is -1.72. The highest BCUT2D eigenvalue weighted by atomic mass is 32.1. The number of hydrogen-bond acceptors (Lipinski definition) is 4. The van der Waals surface area contributed by atoms with Crippen LogP contribution in [0.3, 0.4) is 0 Å². The first-order chi connectivity index (χ1) is 10.4. The average molecular weight is 317 g/mol. The summed E-state index contributed by atoms with van der Waals surface area (Å²) in [5, 5.41) is 9.62. The lowest BCUT2D eigenvalue weighted by molar-refractivity contribution is -0.114. The third-order valence-electron chi connectivity index (χ3n) is 3.73. The molecule has 1 amide bonds. The number of carbonyl (C=O) groups is 1. The number of amides is 1. The number of aromatic nitrogens is 1. The molecular formula is C17H23N3OS. The Morgan fingerprint density at radius 3 is 2.77 bits per heavy atom. The van der Waals surface area contributed by atoms with E-state index >= 15 is 0 Å². The molecule has 0 spiro atoms. The summed E-state index contributed by atoms with van der Waals surface area (Å²) in [5.74, 6) is -0.0539. The molecule has 0 aliphatic rings. The van der Waals surface area contributed by atoms with Crippen LogP contribution in [0.2, 0.25) is 0 Å². The number of nitrogens with one attached hydrogen (secondary N) is 2. The summed E-state index contributed by atoms with van der Waals surface area (Å²) in [6.45, 7) is 8.62. The highest BCUT2D eigenvalue weighted by Gasteiger charge is 2.27. The molecule has 22 heavy (non-hydrogen) atoms. The molecule has 0 saturated heterocycles. The lowest BCUT2D eigenvalue weighted by Crippen LogP contribution is -2.38. The van der Waals surface area contributed by atoms with E-state index in [1.165, 1.54) is 6.92 Å². The summed E-state index contributed by atoms with van der Waals surface area (Å²) in [5.41, 5.74) is 2.89. The topological polar surface area (TPSA) is 54.0 Å². The summed E-state index contributed by atoms with van der Waals surface area (Å²) in [6.07, 6.45) is 0.964. The molecule has 1 atom stereocenters. The number of benzene rings is 1. The zero-order chi connectivity index (χ0) is 16.2. The van der Waals surface area contributed by atoms with Crippen LogP contribution in [-0.4, -0.2) is 10.9 Å². The molecule has 0 saturated carbocycles. The van der Waals surface area contributed by atoms with Gasteiger partial charge in [-0.1, -0.05) is 19.1 Å². The van der Waals surface area contributed by atoms with E-state index in [1.807, 2.05) is 25.1 Å². The monoisotopic (exact) mass is 317 g/mol. The van der Waals surface area contributed by atoms with Gasteiger partial charge in [-0.05, 0) is 38.0 Å². The third kappa shape index (κ3) is 4.15. The van der Waals surface area contributed by atoms with Crippen molar-refractivity contribution in [2.45, 2.75) is 46.2 Å². The first kappa shape index (κ1) is 16.6. The van der Waals surface area contributed by atoms with E-state index < -0.39 is 0 Å². The van der Waals surface area contributed by atoms with Crippen LogP contribution in [0.4, 0.5) is 5.69 Å². The van der Waals surface area contributed by atoms with Gasteiger partial charge in [0.2, 0.25) is 5.91 Å². The maximum absolute atomic E-state index is 11.1. The van der Waals surface area contributed by atoms with Crippen molar-refractivity contribution in [2.24, 2.45) is 0 Å². The van der Waals surface area contributed by atoms with Crippen LogP contribution >= 0.6 is 11.3 Å². The fourth-order valence-corrected chi connectivity index (χ4v) is 3.23. The second kappa shape index (κ2) is 7.03. The van der Waals surface area contributed by atoms with Gasteiger partial charge in [0.05, 0.1) is 5.54 Å². The maximum atomic E-state index is 11.1. The molecule has 2 aromatic rings. The quantitative estimate of drug-likeness (QED) is 0.851. The molecule has 0 fully saturated rings. The van der Waals surface area contributed by atoms with E-state index in [4.69, 9.17) is 0 Å². The lowest BCUT2D eigenvalue weighted by atomic mass is 9.99. The largest absolute Gasteiger partial charge is 0.326 e. The van der Waals surface area contributed by atoms with Crippen molar-refractivity contribution in [1.82, 2.24) is 10.3 Å². The van der Waals surface area contributed by atoms with Crippen LogP contribution in [0.1, 0.15) is 43.5 Å². The zero-order valence-corrected chi connectivity index (χ0v) is 14.4. The second-order valence-electron chi connectivity index (χ2n) is 5.71. The Labute approximate surface area is 136 Å². The van der Waals surface area contributed by atoms with E-state index in [9.17, 15) is 4.79 Å². The van der Waals surface area contributed by atoms with Gasteiger partial charge in [-0.15, -0.1) is 11.3 Å². The Kier molecular flexibility index (Phi) is 5.32. The van der Waals surface area contributed by atoms with E-state index in [0.717, 1.165) is 34.9 Å². The number of thiazole rings is 1. The molecule has 118 valence electrons. The van der Waals surface area contributed by atoms with Gasteiger partial charge < -0.3 is 10.6 Å². The summed E-state index contributed by atoms with van der Waals surface area (Å²) in [7, 11) is 0. The highest BCUT2D eigenvalue weighted by molar-refractivity contribution is 7.09. The molecule has 0 aliphatic carbocycles. The molecule has 1 aromatic carbocycles. The van der Waals surface area contributed by atoms with Crippen LogP contribution in [0, 0.1) is 6.92 Å². The Balaban J connectivity index is 2.09. The standard InChI is InChI=1S/C17H23N3OS/c1-5-17(4,16-19-12(2)11-22-16)18-10-14-7-6-8-15(9-14)20-13(3)21/h6-9,11,18H,5,10H2,1-4H3,(H,20,21)/t17-/m0/s1. The minimum absolute atomic E-state index is 0.0539. The van der Waals surface area contributed by atoms with Crippen molar-refractivity contribution in [2.75, 3.05) is 5.32 Å². The molecule has 2 N–H and O–H groups in total. The number of nitrogens with zero attached hydrogens (tertiary/aromatic N) is 1. The number of aryl methyl sites for hydroxylation is 1. The van der Waals surface area contributed by atoms with Gasteiger partial charge in [-0.3, -0.25) is 4.79 Å². The fraction of sp³-hybridized carbons (Fsp3) is 0.412. The molecule has 1 heterocycles. The third-order valence-corrected chi connectivity index (χ3v) is 4.95. The lowest BCUT2D eigenvalue weighted by Gasteiger charge is -2.27. The molecule has 0 bridgehead atoms. The van der Waals surface area contributed by atoms with Gasteiger partial charge in [0.25, 0.3) is 0 Å². The normalized spacial score (nSPS) is 13.6. The Morgan fingerprint density at radius 2 is 2.18 bits per heavy atom. The SMILES string of the molecule is CC[C@](C)(NCc1cccc(NC(C)=O)c1)c1nc(C)cs1. The van der Waals surface area contributed by atoms with Gasteiger partial charge in [0, 0.05) is 30.2 Å². The predicted molar refractivity (Wildman–Crippen MR) is 92.1 cm³/mol. The van der Waals surface area contributed by atoms with E-state index in [1.54, 1.807) is 11.3 Å². The van der Waals surface area contributed by atoms with Crippen molar-refractivity contribution < 1.29 is 4.79 Å². The highest BCUT2D eigenvalue weighted by Crippen LogP contribution is 2.28. The molecule has 1 aromatic heterocycles. The van der Waals surface area contributed by atoms with Crippen LogP contribution in [0.25, 0.3) is 0 Å². The van der Waals surface area contributed by atoms with Crippen molar-refractivity contribution in [1.29, 1.82) is 0 Å². The number of anilines is 1. The summed E-state index contributed by atoms with van der Waals surface area (Å²) < 4.78 is 0. The predicted octanol–water partition coefficient (Wildman–Crippen LogP) is 3.82. The summed E-state index contributed by atoms with van der Waals surface area (Å²) in [4.78, 5) is 15.8. The smallest absolute Gasteiger partial charge is 0.221 e. The summed E-state index contributed by atoms with van der Waals surface area (Å²) >= 11 is 1.70. The average Bonchev–Trinajstić information content (AvgIpc) is 2.92. The minimum Gasteiger partial charge on any atom is -0.326 e. The minimum atomic E-state index is -0.136. The first-order valence-corrected chi connectivity index (χ1v) is 8.35. The van der Waals surface area contributed by atoms with Gasteiger partial charge in [0.15, 0.2) is 0 Å². The molecule has 0 aliphatic heterocycles. The van der Waals surface area contributed by atoms with E-state index in [2.05, 4.69) is 40.9 Å². The van der Waals surface area contributed by atoms with Crippen LogP contribution < -0.4 is 10.6 Å². The van der Waals surface area contributed by atoms with E-state index in [0.29, 0.717) is 0 Å². The van der Waals surface area contributed by atoms with Gasteiger partial charge in [-0.25, -0.2) is 4.98 Å². The van der Waals surface area contributed by atoms with Gasteiger partial charge in [-0.2, -0.15) is 0 Å². The first-order valence-electron chi connectivity index (χ1n) is 7.47. The molecule has 4 nitrogen and oxygen atoms in total. The fourth-order valence-electron chi connectivity index (χ4n) is 2.22. The molecule has 0 unspecified atom stereocenters. The maximum Gasteiger partial charge on any atom is 0.221 e. The van der Waals surface area contributed by atoms with Crippen LogP contribution in [0.5, 0.6) is 0 Å². The van der Waals surface area contributed by atoms with Gasteiger partial charge in [0.1, 0.15) is 5.01 Å². The van der Waals surface area contributed by atoms with Gasteiger partial charge >= 0.3 is 0 Å². The van der Waals surface area contributed by atoms with Crippen LogP contribution in [-0.2, 0) is 16.9 Å². The number of rotatable bonds is 6. The molecule has 5 heteroatoms. The van der Waals surface area contributed by atoms with Crippen molar-refractivity contribution in [3.05, 3.63) is 45.9 Å². The van der Waals surface area contributed by atoms with Crippen molar-refractivity contribution >= 4 is 22.9 Å². The Bertz CT molecular complexity index is 653. The van der Waals surface area contributed by atoms with Crippen LogP contribution in [0.15, 0.2) is 29.6 Å². The zero-order valence-electron chi connectivity index (χ0n) is 13.6. The Morgan fingerprint density at radius 1 is 1.41 bits per heavy atom. The summed E-state index contributed by atoms with van der Waals surface area (Å²) in [6, 6.07) is 7.91. The number of hydrogen-bond donors (Lipinski definition) is 2. The molecular weight excluding hydrogens is 294 g/mol.